The van der Waals surface area contributed by atoms with Crippen LogP contribution in [0.5, 0.6) is 0 Å². The van der Waals surface area contributed by atoms with Gasteiger partial charge in [-0.15, -0.1) is 0 Å². The molecule has 0 aliphatic carbocycles. The molecule has 0 bridgehead atoms. The van der Waals surface area contributed by atoms with Gasteiger partial charge in [0.25, 0.3) is 0 Å². The first-order valence-corrected chi connectivity index (χ1v) is 9.65. The fourth-order valence-corrected chi connectivity index (χ4v) is 4.37. The summed E-state index contributed by atoms with van der Waals surface area (Å²) in [5.41, 5.74) is 5.63. The van der Waals surface area contributed by atoms with Crippen molar-refractivity contribution in [2.45, 2.75) is 25.9 Å². The van der Waals surface area contributed by atoms with Gasteiger partial charge in [0.2, 0.25) is 0 Å². The Kier molecular flexibility index (Phi) is 4.66. The molecule has 1 saturated heterocycles. The number of nitrogens with zero attached hydrogens (tertiary/aromatic N) is 3. The van der Waals surface area contributed by atoms with E-state index in [1.807, 2.05) is 49.6 Å². The second kappa shape index (κ2) is 6.98. The van der Waals surface area contributed by atoms with Crippen molar-refractivity contribution < 1.29 is 0 Å². The summed E-state index contributed by atoms with van der Waals surface area (Å²) in [6.07, 6.45) is 1.82. The van der Waals surface area contributed by atoms with Crippen LogP contribution in [0.1, 0.15) is 34.7 Å². The van der Waals surface area contributed by atoms with Crippen LogP contribution < -0.4 is 5.32 Å². The van der Waals surface area contributed by atoms with Crippen molar-refractivity contribution in [1.29, 1.82) is 0 Å². The van der Waals surface area contributed by atoms with Crippen LogP contribution in [0, 0.1) is 13.8 Å². The predicted molar refractivity (Wildman–Crippen MR) is 113 cm³/mol. The highest BCUT2D eigenvalue weighted by atomic mass is 35.5. The van der Waals surface area contributed by atoms with E-state index in [9.17, 15) is 0 Å². The Morgan fingerprint density at radius 2 is 1.93 bits per heavy atom. The van der Waals surface area contributed by atoms with Gasteiger partial charge in [-0.25, -0.2) is 0 Å². The van der Waals surface area contributed by atoms with E-state index in [0.29, 0.717) is 0 Å². The Hall–Kier alpha value is -2.37. The van der Waals surface area contributed by atoms with Crippen LogP contribution in [0.25, 0.3) is 5.69 Å². The van der Waals surface area contributed by atoms with Crippen molar-refractivity contribution in [3.63, 3.8) is 0 Å². The average molecular weight is 397 g/mol. The number of benzene rings is 1. The van der Waals surface area contributed by atoms with Gasteiger partial charge in [0, 0.05) is 35.3 Å². The predicted octanol–water partition coefficient (Wildman–Crippen LogP) is 4.74. The molecule has 1 aromatic carbocycles. The van der Waals surface area contributed by atoms with Crippen LogP contribution >= 0.6 is 23.8 Å². The van der Waals surface area contributed by atoms with E-state index in [2.05, 4.69) is 45.7 Å². The van der Waals surface area contributed by atoms with Gasteiger partial charge < -0.3 is 14.8 Å². The molecule has 1 aliphatic rings. The van der Waals surface area contributed by atoms with Gasteiger partial charge in [0.05, 0.1) is 17.8 Å². The van der Waals surface area contributed by atoms with E-state index in [0.717, 1.165) is 27.2 Å². The highest BCUT2D eigenvalue weighted by Gasteiger charge is 2.39. The van der Waals surface area contributed by atoms with E-state index in [4.69, 9.17) is 23.8 Å². The van der Waals surface area contributed by atoms with Gasteiger partial charge in [-0.05, 0) is 68.0 Å². The average Bonchev–Trinajstić information content (AvgIpc) is 3.11. The molecule has 0 unspecified atom stereocenters. The van der Waals surface area contributed by atoms with E-state index in [-0.39, 0.29) is 12.1 Å². The second-order valence-electron chi connectivity index (χ2n) is 6.88. The monoisotopic (exact) mass is 396 g/mol. The number of hydrogen-bond donors (Lipinski definition) is 1. The molecular weight excluding hydrogens is 376 g/mol. The van der Waals surface area contributed by atoms with Crippen LogP contribution in [0.3, 0.4) is 0 Å². The molecule has 0 saturated carbocycles. The van der Waals surface area contributed by atoms with Crippen LogP contribution in [-0.4, -0.2) is 26.6 Å². The fourth-order valence-electron chi connectivity index (χ4n) is 3.95. The Bertz CT molecular complexity index is 999. The number of aromatic nitrogens is 2. The van der Waals surface area contributed by atoms with Crippen LogP contribution in [0.2, 0.25) is 5.02 Å². The molecule has 0 amide bonds. The summed E-state index contributed by atoms with van der Waals surface area (Å²) < 4.78 is 2.24. The molecule has 0 radical (unpaired) electrons. The van der Waals surface area contributed by atoms with Crippen molar-refractivity contribution in [1.82, 2.24) is 19.8 Å². The third-order valence-electron chi connectivity index (χ3n) is 5.19. The number of hydrogen-bond acceptors (Lipinski definition) is 2. The zero-order valence-electron chi connectivity index (χ0n) is 15.5. The van der Waals surface area contributed by atoms with Gasteiger partial charge >= 0.3 is 0 Å². The molecule has 3 aromatic rings. The highest BCUT2D eigenvalue weighted by Crippen LogP contribution is 2.40. The third kappa shape index (κ3) is 3.11. The molecule has 0 spiro atoms. The minimum absolute atomic E-state index is 0.0111. The van der Waals surface area contributed by atoms with Crippen molar-refractivity contribution in [3.05, 3.63) is 82.4 Å². The quantitative estimate of drug-likeness (QED) is 0.648. The smallest absolute Gasteiger partial charge is 0.169 e. The number of nitrogens with one attached hydrogen (secondary N) is 1. The van der Waals surface area contributed by atoms with Crippen LogP contribution in [0.15, 0.2) is 54.7 Å². The lowest BCUT2D eigenvalue weighted by Gasteiger charge is -2.24. The van der Waals surface area contributed by atoms with E-state index in [1.165, 1.54) is 11.3 Å². The summed E-state index contributed by atoms with van der Waals surface area (Å²) in [6, 6.07) is 16.2. The molecule has 2 atom stereocenters. The SMILES string of the molecule is Cc1cc([C@H]2[C@@H](c3ccccn3)NC(=S)N2C)c(C)n1-c1cccc(Cl)c1. The molecule has 4 rings (SSSR count). The van der Waals surface area contributed by atoms with E-state index < -0.39 is 0 Å². The van der Waals surface area contributed by atoms with Gasteiger partial charge in [0.1, 0.15) is 0 Å². The molecule has 2 aromatic heterocycles. The minimum atomic E-state index is 0.0111. The number of halogens is 1. The number of likely N-dealkylation sites (N-methyl/N-ethyl adjacent to an activating group) is 1. The number of thiocarbonyl (C=S) groups is 1. The molecular formula is C21H21ClN4S. The molecule has 1 aliphatic heterocycles. The Morgan fingerprint density at radius 1 is 1.11 bits per heavy atom. The minimum Gasteiger partial charge on any atom is -0.352 e. The lowest BCUT2D eigenvalue weighted by Crippen LogP contribution is -2.25. The van der Waals surface area contributed by atoms with Crippen molar-refractivity contribution in [2.24, 2.45) is 0 Å². The largest absolute Gasteiger partial charge is 0.352 e. The molecule has 1 N–H and O–H groups in total. The Labute approximate surface area is 169 Å². The summed E-state index contributed by atoms with van der Waals surface area (Å²) >= 11 is 11.8. The maximum Gasteiger partial charge on any atom is 0.169 e. The summed E-state index contributed by atoms with van der Waals surface area (Å²) in [5.74, 6) is 0. The molecule has 6 heteroatoms. The normalized spacial score (nSPS) is 19.4. The lowest BCUT2D eigenvalue weighted by molar-refractivity contribution is 0.367. The number of aryl methyl sites for hydroxylation is 1. The molecule has 1 fully saturated rings. The number of rotatable bonds is 3. The number of pyridine rings is 1. The van der Waals surface area contributed by atoms with Gasteiger partial charge in [-0.3, -0.25) is 4.98 Å². The molecule has 138 valence electrons. The Morgan fingerprint density at radius 3 is 2.63 bits per heavy atom. The van der Waals surface area contributed by atoms with Gasteiger partial charge in [-0.1, -0.05) is 23.7 Å². The molecule has 3 heterocycles. The van der Waals surface area contributed by atoms with Gasteiger partial charge in [0.15, 0.2) is 5.11 Å². The fraction of sp³-hybridized carbons (Fsp3) is 0.238. The zero-order chi connectivity index (χ0) is 19.1. The van der Waals surface area contributed by atoms with Gasteiger partial charge in [-0.2, -0.15) is 0 Å². The maximum absolute atomic E-state index is 6.22. The second-order valence-corrected chi connectivity index (χ2v) is 7.70. The first-order chi connectivity index (χ1) is 13.0. The van der Waals surface area contributed by atoms with E-state index in [1.54, 1.807) is 0 Å². The summed E-state index contributed by atoms with van der Waals surface area (Å²) in [7, 11) is 2.04. The first-order valence-electron chi connectivity index (χ1n) is 8.86. The topological polar surface area (TPSA) is 33.1 Å². The van der Waals surface area contributed by atoms with Crippen LogP contribution in [0.4, 0.5) is 0 Å². The third-order valence-corrected chi connectivity index (χ3v) is 5.83. The summed E-state index contributed by atoms with van der Waals surface area (Å²) in [4.78, 5) is 6.68. The standard InChI is InChI=1S/C21H21ClN4S/c1-13-11-17(14(2)26(13)16-8-6-7-15(22)12-16)20-19(24-21(27)25(20)3)18-9-4-5-10-23-18/h4-12,19-20H,1-3H3,(H,24,27)/t19-,20+/m1/s1. The Balaban J connectivity index is 1.82. The molecule has 4 nitrogen and oxygen atoms in total. The lowest BCUT2D eigenvalue weighted by atomic mass is 9.97. The van der Waals surface area contributed by atoms with Crippen molar-refractivity contribution >= 4 is 28.9 Å². The molecule has 27 heavy (non-hydrogen) atoms. The van der Waals surface area contributed by atoms with E-state index >= 15 is 0 Å². The first kappa shape index (κ1) is 18.0. The summed E-state index contributed by atoms with van der Waals surface area (Å²) in [5, 5.41) is 4.91. The zero-order valence-corrected chi connectivity index (χ0v) is 17.1. The van der Waals surface area contributed by atoms with Crippen molar-refractivity contribution in [3.8, 4) is 5.69 Å². The summed E-state index contributed by atoms with van der Waals surface area (Å²) in [6.45, 7) is 4.27. The van der Waals surface area contributed by atoms with Crippen molar-refractivity contribution in [2.75, 3.05) is 7.05 Å². The van der Waals surface area contributed by atoms with Crippen LogP contribution in [-0.2, 0) is 0 Å². The highest BCUT2D eigenvalue weighted by molar-refractivity contribution is 7.80. The maximum atomic E-state index is 6.22.